The second kappa shape index (κ2) is 6.88. The van der Waals surface area contributed by atoms with E-state index in [2.05, 4.69) is 22.3 Å². The highest BCUT2D eigenvalue weighted by molar-refractivity contribution is 7.99. The minimum atomic E-state index is 0.130. The molecule has 0 bridgehead atoms. The van der Waals surface area contributed by atoms with Crippen LogP contribution in [0.2, 0.25) is 0 Å². The van der Waals surface area contributed by atoms with Crippen LogP contribution in [0.5, 0.6) is 0 Å². The number of aryl methyl sites for hydroxylation is 2. The standard InChI is InChI=1S/C19H19N3O2S/c1-2-22-18(17-7-4-10-24-17)20-21-19(22)25-12-16(23)15-9-8-13-5-3-6-14(13)11-15/h4,7-11H,2-3,5-6,12H2,1H3. The molecule has 0 unspecified atom stereocenters. The van der Waals surface area contributed by atoms with Crippen molar-refractivity contribution in [2.75, 3.05) is 5.75 Å². The highest BCUT2D eigenvalue weighted by Crippen LogP contribution is 2.26. The van der Waals surface area contributed by atoms with Crippen LogP contribution >= 0.6 is 11.8 Å². The van der Waals surface area contributed by atoms with Gasteiger partial charge in [-0.1, -0.05) is 23.9 Å². The van der Waals surface area contributed by atoms with Crippen LogP contribution in [0.15, 0.2) is 46.2 Å². The smallest absolute Gasteiger partial charge is 0.200 e. The molecular weight excluding hydrogens is 334 g/mol. The van der Waals surface area contributed by atoms with E-state index in [4.69, 9.17) is 4.42 Å². The average molecular weight is 353 g/mol. The van der Waals surface area contributed by atoms with Gasteiger partial charge in [-0.15, -0.1) is 10.2 Å². The van der Waals surface area contributed by atoms with Gasteiger partial charge in [0, 0.05) is 12.1 Å². The molecule has 4 rings (SSSR count). The van der Waals surface area contributed by atoms with E-state index in [1.54, 1.807) is 6.26 Å². The molecule has 0 saturated carbocycles. The van der Waals surface area contributed by atoms with Crippen molar-refractivity contribution in [1.82, 2.24) is 14.8 Å². The molecule has 3 aromatic rings. The number of nitrogens with zero attached hydrogens (tertiary/aromatic N) is 3. The number of thioether (sulfide) groups is 1. The number of hydrogen-bond acceptors (Lipinski definition) is 5. The molecule has 0 amide bonds. The molecule has 2 aromatic heterocycles. The number of carbonyl (C=O) groups is 1. The van der Waals surface area contributed by atoms with Crippen molar-refractivity contribution < 1.29 is 9.21 Å². The summed E-state index contributed by atoms with van der Waals surface area (Å²) in [6.07, 6.45) is 5.03. The van der Waals surface area contributed by atoms with E-state index in [0.29, 0.717) is 17.3 Å². The molecule has 0 fully saturated rings. The largest absolute Gasteiger partial charge is 0.461 e. The van der Waals surface area contributed by atoms with Crippen LogP contribution in [-0.4, -0.2) is 26.3 Å². The number of benzene rings is 1. The Hall–Kier alpha value is -2.34. The van der Waals surface area contributed by atoms with Crippen molar-refractivity contribution in [3.05, 3.63) is 53.3 Å². The number of ketones is 1. The molecule has 0 radical (unpaired) electrons. The lowest BCUT2D eigenvalue weighted by molar-refractivity contribution is 0.102. The Labute approximate surface area is 150 Å². The lowest BCUT2D eigenvalue weighted by Gasteiger charge is -2.06. The molecule has 2 heterocycles. The molecule has 1 aliphatic rings. The Bertz CT molecular complexity index is 900. The van der Waals surface area contributed by atoms with Crippen LogP contribution in [-0.2, 0) is 19.4 Å². The first-order chi connectivity index (χ1) is 12.3. The molecule has 0 spiro atoms. The van der Waals surface area contributed by atoms with Gasteiger partial charge in [-0.3, -0.25) is 9.36 Å². The summed E-state index contributed by atoms with van der Waals surface area (Å²) in [5.41, 5.74) is 3.51. The van der Waals surface area contributed by atoms with Gasteiger partial charge in [-0.25, -0.2) is 0 Å². The van der Waals surface area contributed by atoms with Crippen molar-refractivity contribution in [2.24, 2.45) is 0 Å². The third kappa shape index (κ3) is 3.14. The lowest BCUT2D eigenvalue weighted by atomic mass is 10.0. The Balaban J connectivity index is 1.49. The molecule has 0 aliphatic heterocycles. The van der Waals surface area contributed by atoms with Crippen molar-refractivity contribution in [3.63, 3.8) is 0 Å². The first-order valence-corrected chi connectivity index (χ1v) is 9.49. The van der Waals surface area contributed by atoms with Gasteiger partial charge < -0.3 is 4.42 Å². The van der Waals surface area contributed by atoms with E-state index in [1.165, 1.54) is 29.3 Å². The van der Waals surface area contributed by atoms with E-state index < -0.39 is 0 Å². The van der Waals surface area contributed by atoms with Crippen LogP contribution in [0.1, 0.15) is 34.8 Å². The van der Waals surface area contributed by atoms with Gasteiger partial charge in [-0.2, -0.15) is 0 Å². The molecule has 128 valence electrons. The molecule has 0 saturated heterocycles. The summed E-state index contributed by atoms with van der Waals surface area (Å²) in [5.74, 6) is 1.87. The van der Waals surface area contributed by atoms with Crippen LogP contribution in [0.3, 0.4) is 0 Å². The fraction of sp³-hybridized carbons (Fsp3) is 0.316. The zero-order chi connectivity index (χ0) is 17.2. The molecule has 0 N–H and O–H groups in total. The lowest BCUT2D eigenvalue weighted by Crippen LogP contribution is -2.05. The van der Waals surface area contributed by atoms with E-state index >= 15 is 0 Å². The number of furan rings is 1. The number of hydrogen-bond donors (Lipinski definition) is 0. The molecule has 5 nitrogen and oxygen atoms in total. The highest BCUT2D eigenvalue weighted by atomic mass is 32.2. The van der Waals surface area contributed by atoms with Crippen LogP contribution in [0.4, 0.5) is 0 Å². The number of aromatic nitrogens is 3. The zero-order valence-corrected chi connectivity index (χ0v) is 14.9. The average Bonchev–Trinajstić information content (AvgIpc) is 3.38. The van der Waals surface area contributed by atoms with Crippen LogP contribution < -0.4 is 0 Å². The highest BCUT2D eigenvalue weighted by Gasteiger charge is 2.18. The minimum absolute atomic E-state index is 0.130. The predicted octanol–water partition coefficient (Wildman–Crippen LogP) is 4.02. The molecule has 0 atom stereocenters. The van der Waals surface area contributed by atoms with Crippen molar-refractivity contribution in [2.45, 2.75) is 37.9 Å². The zero-order valence-electron chi connectivity index (χ0n) is 14.1. The number of Topliss-reactive ketones (excluding diaryl/α,β-unsaturated/α-hetero) is 1. The van der Waals surface area contributed by atoms with E-state index in [9.17, 15) is 4.79 Å². The minimum Gasteiger partial charge on any atom is -0.461 e. The van der Waals surface area contributed by atoms with Gasteiger partial charge in [0.25, 0.3) is 0 Å². The molecule has 25 heavy (non-hydrogen) atoms. The van der Waals surface area contributed by atoms with Crippen molar-refractivity contribution in [3.8, 4) is 11.6 Å². The topological polar surface area (TPSA) is 60.9 Å². The summed E-state index contributed by atoms with van der Waals surface area (Å²) in [6, 6.07) is 9.80. The Morgan fingerprint density at radius 2 is 2.12 bits per heavy atom. The van der Waals surface area contributed by atoms with Crippen LogP contribution in [0, 0.1) is 0 Å². The predicted molar refractivity (Wildman–Crippen MR) is 96.9 cm³/mol. The molecule has 1 aliphatic carbocycles. The Kier molecular flexibility index (Phi) is 4.44. The Morgan fingerprint density at radius 3 is 2.92 bits per heavy atom. The maximum absolute atomic E-state index is 12.6. The van der Waals surface area contributed by atoms with Gasteiger partial charge in [-0.05, 0) is 55.5 Å². The fourth-order valence-corrected chi connectivity index (χ4v) is 4.12. The summed E-state index contributed by atoms with van der Waals surface area (Å²) in [5, 5.41) is 9.18. The molecule has 1 aromatic carbocycles. The van der Waals surface area contributed by atoms with E-state index in [-0.39, 0.29) is 5.78 Å². The van der Waals surface area contributed by atoms with Gasteiger partial charge >= 0.3 is 0 Å². The van der Waals surface area contributed by atoms with E-state index in [0.717, 1.165) is 30.1 Å². The number of rotatable bonds is 6. The van der Waals surface area contributed by atoms with Crippen LogP contribution in [0.25, 0.3) is 11.6 Å². The maximum atomic E-state index is 12.6. The summed E-state index contributed by atoms with van der Waals surface area (Å²) in [6.45, 7) is 2.75. The summed E-state index contributed by atoms with van der Waals surface area (Å²) in [4.78, 5) is 12.6. The quantitative estimate of drug-likeness (QED) is 0.495. The monoisotopic (exact) mass is 353 g/mol. The van der Waals surface area contributed by atoms with Gasteiger partial charge in [0.05, 0.1) is 12.0 Å². The van der Waals surface area contributed by atoms with Gasteiger partial charge in [0.1, 0.15) is 0 Å². The summed E-state index contributed by atoms with van der Waals surface area (Å²) in [7, 11) is 0. The molecular formula is C19H19N3O2S. The number of fused-ring (bicyclic) bond motifs is 1. The van der Waals surface area contributed by atoms with Gasteiger partial charge in [0.15, 0.2) is 22.5 Å². The first kappa shape index (κ1) is 16.1. The van der Waals surface area contributed by atoms with E-state index in [1.807, 2.05) is 29.7 Å². The maximum Gasteiger partial charge on any atom is 0.200 e. The van der Waals surface area contributed by atoms with Crippen molar-refractivity contribution >= 4 is 17.5 Å². The van der Waals surface area contributed by atoms with Gasteiger partial charge in [0.2, 0.25) is 0 Å². The summed E-state index contributed by atoms with van der Waals surface area (Å²) >= 11 is 1.42. The third-order valence-corrected chi connectivity index (χ3v) is 5.49. The number of carbonyl (C=O) groups excluding carboxylic acids is 1. The normalized spacial score (nSPS) is 13.2. The third-order valence-electron chi connectivity index (χ3n) is 4.53. The Morgan fingerprint density at radius 1 is 1.24 bits per heavy atom. The molecule has 6 heteroatoms. The second-order valence-corrected chi connectivity index (χ2v) is 7.02. The fourth-order valence-electron chi connectivity index (χ4n) is 3.23. The van der Waals surface area contributed by atoms with Crippen molar-refractivity contribution in [1.29, 1.82) is 0 Å². The second-order valence-electron chi connectivity index (χ2n) is 6.08. The first-order valence-electron chi connectivity index (χ1n) is 8.51. The summed E-state index contributed by atoms with van der Waals surface area (Å²) < 4.78 is 7.39. The SMILES string of the molecule is CCn1c(SCC(=O)c2ccc3c(c2)CCC3)nnc1-c1ccco1.